The number of ether oxygens (including phenoxy) is 1. The Balaban J connectivity index is 1.58. The SMILES string of the molecule is COc1ccccc1CNC(=O)CN1CCc2ccccc21. The van der Waals surface area contributed by atoms with Gasteiger partial charge in [0.15, 0.2) is 0 Å². The van der Waals surface area contributed by atoms with Gasteiger partial charge in [0.05, 0.1) is 13.7 Å². The number of nitrogens with zero attached hydrogens (tertiary/aromatic N) is 1. The zero-order chi connectivity index (χ0) is 15.4. The van der Waals surface area contributed by atoms with Gasteiger partial charge in [-0.3, -0.25) is 4.79 Å². The Bertz CT molecular complexity index is 670. The van der Waals surface area contributed by atoms with Gasteiger partial charge in [-0.25, -0.2) is 0 Å². The van der Waals surface area contributed by atoms with Crippen LogP contribution in [0.25, 0.3) is 0 Å². The molecule has 0 saturated carbocycles. The molecule has 0 spiro atoms. The summed E-state index contributed by atoms with van der Waals surface area (Å²) in [6.45, 7) is 1.78. The number of hydrogen-bond acceptors (Lipinski definition) is 3. The van der Waals surface area contributed by atoms with E-state index in [4.69, 9.17) is 4.74 Å². The highest BCUT2D eigenvalue weighted by Gasteiger charge is 2.20. The smallest absolute Gasteiger partial charge is 0.239 e. The zero-order valence-electron chi connectivity index (χ0n) is 12.7. The van der Waals surface area contributed by atoms with Crippen molar-refractivity contribution in [2.75, 3.05) is 25.1 Å². The number of rotatable bonds is 5. The highest BCUT2D eigenvalue weighted by Crippen LogP contribution is 2.26. The minimum Gasteiger partial charge on any atom is -0.496 e. The summed E-state index contributed by atoms with van der Waals surface area (Å²) in [4.78, 5) is 14.3. The molecule has 0 unspecified atom stereocenters. The Morgan fingerprint density at radius 3 is 2.82 bits per heavy atom. The van der Waals surface area contributed by atoms with Gasteiger partial charge in [-0.1, -0.05) is 36.4 Å². The van der Waals surface area contributed by atoms with Crippen LogP contribution < -0.4 is 15.0 Å². The molecule has 0 fully saturated rings. The molecular weight excluding hydrogens is 276 g/mol. The molecule has 0 bridgehead atoms. The van der Waals surface area contributed by atoms with Gasteiger partial charge in [-0.15, -0.1) is 0 Å². The van der Waals surface area contributed by atoms with Crippen molar-refractivity contribution < 1.29 is 9.53 Å². The van der Waals surface area contributed by atoms with Crippen LogP contribution in [0.3, 0.4) is 0 Å². The van der Waals surface area contributed by atoms with E-state index in [-0.39, 0.29) is 5.91 Å². The largest absolute Gasteiger partial charge is 0.496 e. The molecule has 0 aromatic heterocycles. The number of carbonyl (C=O) groups is 1. The van der Waals surface area contributed by atoms with Crippen molar-refractivity contribution in [1.29, 1.82) is 0 Å². The average molecular weight is 296 g/mol. The number of hydrogen-bond donors (Lipinski definition) is 1. The average Bonchev–Trinajstić information content (AvgIpc) is 2.96. The summed E-state index contributed by atoms with van der Waals surface area (Å²) < 4.78 is 5.30. The molecule has 22 heavy (non-hydrogen) atoms. The van der Waals surface area contributed by atoms with Crippen molar-refractivity contribution in [2.24, 2.45) is 0 Å². The van der Waals surface area contributed by atoms with Gasteiger partial charge in [0.1, 0.15) is 5.75 Å². The fourth-order valence-electron chi connectivity index (χ4n) is 2.84. The molecule has 1 aliphatic rings. The minimum absolute atomic E-state index is 0.0302. The van der Waals surface area contributed by atoms with Gasteiger partial charge in [0.2, 0.25) is 5.91 Å². The normalized spacial score (nSPS) is 12.9. The summed E-state index contributed by atoms with van der Waals surface area (Å²) in [6.07, 6.45) is 1.01. The molecule has 4 nitrogen and oxygen atoms in total. The Hall–Kier alpha value is -2.49. The van der Waals surface area contributed by atoms with Crippen molar-refractivity contribution in [3.05, 3.63) is 59.7 Å². The van der Waals surface area contributed by atoms with Crippen LogP contribution >= 0.6 is 0 Å². The Labute approximate surface area is 130 Å². The van der Waals surface area contributed by atoms with Crippen molar-refractivity contribution in [2.45, 2.75) is 13.0 Å². The first-order valence-electron chi connectivity index (χ1n) is 7.49. The summed E-state index contributed by atoms with van der Waals surface area (Å²) in [5, 5.41) is 2.97. The fraction of sp³-hybridized carbons (Fsp3) is 0.278. The van der Waals surface area contributed by atoms with Crippen LogP contribution in [0.2, 0.25) is 0 Å². The highest BCUT2D eigenvalue weighted by atomic mass is 16.5. The van der Waals surface area contributed by atoms with Crippen molar-refractivity contribution in [3.63, 3.8) is 0 Å². The number of anilines is 1. The lowest BCUT2D eigenvalue weighted by molar-refractivity contribution is -0.119. The third-order valence-electron chi connectivity index (χ3n) is 3.99. The first-order chi connectivity index (χ1) is 10.8. The van der Waals surface area contributed by atoms with Crippen LogP contribution in [-0.2, 0) is 17.8 Å². The third-order valence-corrected chi connectivity index (χ3v) is 3.99. The van der Waals surface area contributed by atoms with Gasteiger partial charge in [0.25, 0.3) is 0 Å². The molecule has 4 heteroatoms. The molecule has 0 saturated heterocycles. The van der Waals surface area contributed by atoms with Gasteiger partial charge >= 0.3 is 0 Å². The quantitative estimate of drug-likeness (QED) is 0.921. The van der Waals surface area contributed by atoms with Crippen molar-refractivity contribution >= 4 is 11.6 Å². The molecule has 2 aromatic rings. The first kappa shape index (κ1) is 14.4. The number of fused-ring (bicyclic) bond motifs is 1. The molecule has 3 rings (SSSR count). The molecular formula is C18H20N2O2. The second-order valence-electron chi connectivity index (χ2n) is 5.39. The molecule has 1 N–H and O–H groups in total. The number of amides is 1. The van der Waals surface area contributed by atoms with Crippen LogP contribution in [0.1, 0.15) is 11.1 Å². The lowest BCUT2D eigenvalue weighted by Gasteiger charge is -2.19. The standard InChI is InChI=1S/C18H20N2O2/c1-22-17-9-5-3-7-15(17)12-19-18(21)13-20-11-10-14-6-2-4-8-16(14)20/h2-9H,10-13H2,1H3,(H,19,21). The van der Waals surface area contributed by atoms with E-state index in [0.717, 1.165) is 24.3 Å². The second-order valence-corrected chi connectivity index (χ2v) is 5.39. The van der Waals surface area contributed by atoms with Crippen LogP contribution in [-0.4, -0.2) is 26.1 Å². The molecule has 1 amide bonds. The lowest BCUT2D eigenvalue weighted by Crippen LogP contribution is -2.36. The molecule has 1 aliphatic heterocycles. The maximum absolute atomic E-state index is 12.2. The summed E-state index contributed by atoms with van der Waals surface area (Å²) in [5.41, 5.74) is 3.48. The van der Waals surface area contributed by atoms with Crippen LogP contribution in [0, 0.1) is 0 Å². The predicted molar refractivity (Wildman–Crippen MR) is 87.2 cm³/mol. The molecule has 0 radical (unpaired) electrons. The maximum Gasteiger partial charge on any atom is 0.239 e. The summed E-state index contributed by atoms with van der Waals surface area (Å²) >= 11 is 0. The first-order valence-corrected chi connectivity index (χ1v) is 7.49. The third kappa shape index (κ3) is 3.06. The van der Waals surface area contributed by atoms with Crippen molar-refractivity contribution in [1.82, 2.24) is 5.32 Å². The van der Waals surface area contributed by atoms with Crippen molar-refractivity contribution in [3.8, 4) is 5.75 Å². The maximum atomic E-state index is 12.2. The zero-order valence-corrected chi connectivity index (χ0v) is 12.7. The predicted octanol–water partition coefficient (Wildman–Crippen LogP) is 2.37. The van der Waals surface area contributed by atoms with Crippen LogP contribution in [0.15, 0.2) is 48.5 Å². The summed E-state index contributed by atoms with van der Waals surface area (Å²) in [6, 6.07) is 16.0. The second kappa shape index (κ2) is 6.52. The van der Waals surface area contributed by atoms with Crippen LogP contribution in [0.5, 0.6) is 5.75 Å². The Morgan fingerprint density at radius 1 is 1.18 bits per heavy atom. The Morgan fingerprint density at radius 2 is 1.95 bits per heavy atom. The van der Waals surface area contributed by atoms with Gasteiger partial charge in [0, 0.05) is 24.3 Å². The van der Waals surface area contributed by atoms with Gasteiger partial charge in [-0.05, 0) is 24.1 Å². The molecule has 2 aromatic carbocycles. The number of carbonyl (C=O) groups excluding carboxylic acids is 1. The summed E-state index contributed by atoms with van der Waals surface area (Å²) in [7, 11) is 1.64. The minimum atomic E-state index is 0.0302. The van der Waals surface area contributed by atoms with Crippen LogP contribution in [0.4, 0.5) is 5.69 Å². The van der Waals surface area contributed by atoms with E-state index in [1.54, 1.807) is 7.11 Å². The number of nitrogens with one attached hydrogen (secondary N) is 1. The lowest BCUT2D eigenvalue weighted by atomic mass is 10.2. The van der Waals surface area contributed by atoms with Gasteiger partial charge < -0.3 is 15.0 Å². The monoisotopic (exact) mass is 296 g/mol. The van der Waals surface area contributed by atoms with E-state index in [9.17, 15) is 4.79 Å². The number of benzene rings is 2. The number of para-hydroxylation sites is 2. The topological polar surface area (TPSA) is 41.6 Å². The fourth-order valence-corrected chi connectivity index (χ4v) is 2.84. The molecule has 0 aliphatic carbocycles. The number of methoxy groups -OCH3 is 1. The Kier molecular flexibility index (Phi) is 4.28. The van der Waals surface area contributed by atoms with E-state index in [1.165, 1.54) is 11.3 Å². The highest BCUT2D eigenvalue weighted by molar-refractivity contribution is 5.82. The van der Waals surface area contributed by atoms with E-state index >= 15 is 0 Å². The van der Waals surface area contributed by atoms with E-state index in [2.05, 4.69) is 22.3 Å². The molecule has 0 atom stereocenters. The van der Waals surface area contributed by atoms with E-state index in [0.29, 0.717) is 13.1 Å². The van der Waals surface area contributed by atoms with E-state index < -0.39 is 0 Å². The van der Waals surface area contributed by atoms with Gasteiger partial charge in [-0.2, -0.15) is 0 Å². The molecule has 1 heterocycles. The summed E-state index contributed by atoms with van der Waals surface area (Å²) in [5.74, 6) is 0.830. The molecule has 114 valence electrons. The van der Waals surface area contributed by atoms with E-state index in [1.807, 2.05) is 36.4 Å².